The Morgan fingerprint density at radius 2 is 2.04 bits per heavy atom. The van der Waals surface area contributed by atoms with Gasteiger partial charge in [-0.1, -0.05) is 6.07 Å². The fourth-order valence-electron chi connectivity index (χ4n) is 2.47. The van der Waals surface area contributed by atoms with Gasteiger partial charge in [0.25, 0.3) is 0 Å². The van der Waals surface area contributed by atoms with E-state index in [0.29, 0.717) is 18.2 Å². The molecule has 0 radical (unpaired) electrons. The number of aromatic nitrogens is 2. The molecule has 1 aliphatic rings. The maximum atomic E-state index is 6.03. The normalized spacial score (nSPS) is 12.0. The van der Waals surface area contributed by atoms with Crippen LogP contribution in [0.5, 0.6) is 11.5 Å². The number of fused-ring (bicyclic) bond motifs is 2. The minimum absolute atomic E-state index is 0.400. The highest BCUT2D eigenvalue weighted by Gasteiger charge is 2.18. The smallest absolute Gasteiger partial charge is 0.247 e. The molecule has 0 unspecified atom stereocenters. The predicted molar refractivity (Wildman–Crippen MR) is 91.9 cm³/mol. The predicted octanol–water partition coefficient (Wildman–Crippen LogP) is 3.27. The third-order valence-electron chi connectivity index (χ3n) is 3.63. The minimum Gasteiger partial charge on any atom is -0.477 e. The van der Waals surface area contributed by atoms with Crippen LogP contribution in [0.4, 0.5) is 11.4 Å². The summed E-state index contributed by atoms with van der Waals surface area (Å²) in [6.07, 6.45) is 2.66. The Morgan fingerprint density at radius 1 is 1.20 bits per heavy atom. The lowest BCUT2D eigenvalue weighted by atomic mass is 10.1. The number of anilines is 2. The molecule has 0 amide bonds. The van der Waals surface area contributed by atoms with Gasteiger partial charge in [0.1, 0.15) is 6.61 Å². The molecule has 0 spiro atoms. The lowest BCUT2D eigenvalue weighted by molar-refractivity contribution is 0.305. The molecular weight excluding hydrogens is 322 g/mol. The summed E-state index contributed by atoms with van der Waals surface area (Å²) in [5.74, 6) is 1.86. The summed E-state index contributed by atoms with van der Waals surface area (Å²) < 4.78 is 16.6. The first-order valence-corrected chi connectivity index (χ1v) is 7.62. The van der Waals surface area contributed by atoms with Crippen molar-refractivity contribution >= 4 is 17.8 Å². The number of hydrogen-bond acceptors (Lipinski definition) is 8. The van der Waals surface area contributed by atoms with Gasteiger partial charge in [-0.3, -0.25) is 0 Å². The third-order valence-corrected chi connectivity index (χ3v) is 3.63. The van der Waals surface area contributed by atoms with Crippen LogP contribution in [0.3, 0.4) is 0 Å². The highest BCUT2D eigenvalue weighted by atomic mass is 16.5. The van der Waals surface area contributed by atoms with Crippen LogP contribution in [0.25, 0.3) is 11.5 Å². The molecule has 0 atom stereocenters. The molecule has 25 heavy (non-hydrogen) atoms. The molecule has 2 aromatic carbocycles. The van der Waals surface area contributed by atoms with Gasteiger partial charge in [0, 0.05) is 12.6 Å². The Hall–Kier alpha value is -3.55. The molecule has 126 valence electrons. The summed E-state index contributed by atoms with van der Waals surface area (Å²) in [5, 5.41) is 14.7. The van der Waals surface area contributed by atoms with E-state index >= 15 is 0 Å². The number of ether oxygens (including phenoxy) is 2. The van der Waals surface area contributed by atoms with Crippen LogP contribution >= 0.6 is 0 Å². The second-order valence-corrected chi connectivity index (χ2v) is 5.28. The maximum absolute atomic E-state index is 6.03. The molecule has 0 saturated carbocycles. The Bertz CT molecular complexity index is 909. The van der Waals surface area contributed by atoms with Gasteiger partial charge in [-0.15, -0.1) is 10.2 Å². The summed E-state index contributed by atoms with van der Waals surface area (Å²) in [6, 6.07) is 11.5. The molecule has 3 aromatic rings. The number of nitrogens with zero attached hydrogens (tertiary/aromatic N) is 3. The van der Waals surface area contributed by atoms with Crippen molar-refractivity contribution in [2.45, 2.75) is 6.61 Å². The molecule has 8 heteroatoms. The molecule has 2 N–H and O–H groups in total. The zero-order valence-electron chi connectivity index (χ0n) is 13.4. The first kappa shape index (κ1) is 15.0. The Labute approximate surface area is 143 Å². The van der Waals surface area contributed by atoms with E-state index in [1.54, 1.807) is 7.05 Å². The van der Waals surface area contributed by atoms with Gasteiger partial charge in [0.05, 0.1) is 11.4 Å². The highest BCUT2D eigenvalue weighted by molar-refractivity contribution is 5.78. The fourth-order valence-corrected chi connectivity index (χ4v) is 2.47. The molecular formula is C17H15N5O3. The fraction of sp³-hybridized carbons (Fsp3) is 0.118. The van der Waals surface area contributed by atoms with Crippen LogP contribution < -0.4 is 15.5 Å². The van der Waals surface area contributed by atoms with Crippen LogP contribution in [-0.2, 0) is 11.3 Å². The largest absolute Gasteiger partial charge is 0.477 e. The van der Waals surface area contributed by atoms with E-state index in [1.165, 1.54) is 12.8 Å². The van der Waals surface area contributed by atoms with Gasteiger partial charge < -0.3 is 24.6 Å². The molecule has 1 aliphatic heterocycles. The van der Waals surface area contributed by atoms with Gasteiger partial charge in [-0.05, 0) is 35.9 Å². The van der Waals surface area contributed by atoms with Crippen molar-refractivity contribution in [3.63, 3.8) is 0 Å². The average molecular weight is 337 g/mol. The van der Waals surface area contributed by atoms with Crippen molar-refractivity contribution in [3.8, 4) is 23.0 Å². The third kappa shape index (κ3) is 3.09. The van der Waals surface area contributed by atoms with Gasteiger partial charge in [-0.25, -0.2) is 0 Å². The zero-order chi connectivity index (χ0) is 17.1. The van der Waals surface area contributed by atoms with Crippen LogP contribution in [0.15, 0.2) is 52.3 Å². The van der Waals surface area contributed by atoms with Crippen molar-refractivity contribution in [2.24, 2.45) is 5.10 Å². The number of rotatable bonds is 5. The van der Waals surface area contributed by atoms with E-state index in [4.69, 9.17) is 13.9 Å². The van der Waals surface area contributed by atoms with E-state index in [9.17, 15) is 0 Å². The standard InChI is InChI=1S/C17H15N5O3/c1-18-19-9-23-8-11-2-4-13-15(6-11)25-16-7-12(3-5-14(16)21-13)17-22-20-10-24-17/h2-7,9-10,18,21H,8H2,1H3/b19-9-. The van der Waals surface area contributed by atoms with Crippen molar-refractivity contribution in [1.29, 1.82) is 0 Å². The molecule has 8 nitrogen and oxygen atoms in total. The van der Waals surface area contributed by atoms with Crippen LogP contribution in [0.1, 0.15) is 5.56 Å². The van der Waals surface area contributed by atoms with Crippen LogP contribution in [-0.4, -0.2) is 23.6 Å². The van der Waals surface area contributed by atoms with E-state index in [0.717, 1.165) is 28.3 Å². The highest BCUT2D eigenvalue weighted by Crippen LogP contribution is 2.43. The van der Waals surface area contributed by atoms with Gasteiger partial charge in [0.2, 0.25) is 12.3 Å². The Balaban J connectivity index is 1.56. The van der Waals surface area contributed by atoms with Gasteiger partial charge in [-0.2, -0.15) is 5.10 Å². The maximum Gasteiger partial charge on any atom is 0.247 e. The van der Waals surface area contributed by atoms with E-state index in [1.807, 2.05) is 36.4 Å². The Morgan fingerprint density at radius 3 is 2.84 bits per heavy atom. The average Bonchev–Trinajstić information content (AvgIpc) is 3.18. The molecule has 0 fully saturated rings. The quantitative estimate of drug-likeness (QED) is 0.328. The van der Waals surface area contributed by atoms with Crippen LogP contribution in [0.2, 0.25) is 0 Å². The monoisotopic (exact) mass is 337 g/mol. The molecule has 1 aromatic heterocycles. The summed E-state index contributed by atoms with van der Waals surface area (Å²) in [6.45, 7) is 0.400. The minimum atomic E-state index is 0.400. The second-order valence-electron chi connectivity index (χ2n) is 5.28. The lowest BCUT2D eigenvalue weighted by Gasteiger charge is -2.22. The van der Waals surface area contributed by atoms with Crippen molar-refractivity contribution in [3.05, 3.63) is 48.4 Å². The molecule has 0 bridgehead atoms. The molecule has 2 heterocycles. The lowest BCUT2D eigenvalue weighted by Crippen LogP contribution is -2.04. The topological polar surface area (TPSA) is 93.8 Å². The van der Waals surface area contributed by atoms with Crippen LogP contribution in [0, 0.1) is 0 Å². The van der Waals surface area contributed by atoms with Gasteiger partial charge >= 0.3 is 0 Å². The summed E-state index contributed by atoms with van der Waals surface area (Å²) in [7, 11) is 1.71. The first-order chi connectivity index (χ1) is 12.3. The van der Waals surface area contributed by atoms with Gasteiger partial charge in [0.15, 0.2) is 17.9 Å². The summed E-state index contributed by atoms with van der Waals surface area (Å²) >= 11 is 0. The van der Waals surface area contributed by atoms with E-state index in [2.05, 4.69) is 26.0 Å². The van der Waals surface area contributed by atoms with Crippen molar-refractivity contribution < 1.29 is 13.9 Å². The number of hydrazone groups is 1. The SMILES string of the molecule is CN/N=C\OCc1ccc2c(c1)Oc1cc(-c3nnco3)ccc1N2. The molecule has 0 saturated heterocycles. The van der Waals surface area contributed by atoms with E-state index in [-0.39, 0.29) is 0 Å². The summed E-state index contributed by atoms with van der Waals surface area (Å²) in [4.78, 5) is 0. The molecule has 0 aliphatic carbocycles. The van der Waals surface area contributed by atoms with Crippen molar-refractivity contribution in [2.75, 3.05) is 12.4 Å². The molecule has 4 rings (SSSR count). The number of benzene rings is 2. The second kappa shape index (κ2) is 6.52. The van der Waals surface area contributed by atoms with E-state index < -0.39 is 0 Å². The Kier molecular flexibility index (Phi) is 3.91. The number of hydrogen-bond donors (Lipinski definition) is 2. The summed E-state index contributed by atoms with van der Waals surface area (Å²) in [5.41, 5.74) is 6.16. The number of nitrogens with one attached hydrogen (secondary N) is 2. The first-order valence-electron chi connectivity index (χ1n) is 7.62. The zero-order valence-corrected chi connectivity index (χ0v) is 13.4. The van der Waals surface area contributed by atoms with Crippen molar-refractivity contribution in [1.82, 2.24) is 15.6 Å².